The maximum atomic E-state index is 12.3. The largest absolute Gasteiger partial charge is 0.496 e. The molecule has 0 aliphatic rings. The van der Waals surface area contributed by atoms with E-state index in [1.807, 2.05) is 25.1 Å². The molecule has 0 saturated carbocycles. The van der Waals surface area contributed by atoms with Crippen LogP contribution in [0.1, 0.15) is 44.7 Å². The van der Waals surface area contributed by atoms with Crippen molar-refractivity contribution >= 4 is 9.84 Å². The summed E-state index contributed by atoms with van der Waals surface area (Å²) in [5.41, 5.74) is 1.83. The molecule has 0 saturated heterocycles. The molecule has 5 heteroatoms. The highest BCUT2D eigenvalue weighted by Crippen LogP contribution is 2.24. The Balaban J connectivity index is 2.95. The molecule has 21 heavy (non-hydrogen) atoms. The van der Waals surface area contributed by atoms with Crippen LogP contribution in [0.2, 0.25) is 0 Å². The summed E-state index contributed by atoms with van der Waals surface area (Å²) in [6.45, 7) is 7.46. The molecule has 0 aliphatic heterocycles. The first kappa shape index (κ1) is 18.0. The molecular weight excluding hydrogens is 286 g/mol. The Kier molecular flexibility index (Phi) is 7.18. The zero-order chi connectivity index (χ0) is 15.9. The average molecular weight is 313 g/mol. The first-order valence-corrected chi connectivity index (χ1v) is 9.24. The van der Waals surface area contributed by atoms with Gasteiger partial charge in [0.25, 0.3) is 0 Å². The van der Waals surface area contributed by atoms with Crippen molar-refractivity contribution in [1.82, 2.24) is 5.32 Å². The fourth-order valence-electron chi connectivity index (χ4n) is 2.08. The summed E-state index contributed by atoms with van der Waals surface area (Å²) in [5.74, 6) is 0.674. The Labute approximate surface area is 128 Å². The van der Waals surface area contributed by atoms with Gasteiger partial charge in [-0.25, -0.2) is 8.42 Å². The summed E-state index contributed by atoms with van der Waals surface area (Å²) >= 11 is 0. The van der Waals surface area contributed by atoms with Crippen molar-refractivity contribution in [2.75, 3.05) is 13.7 Å². The third kappa shape index (κ3) is 5.32. The van der Waals surface area contributed by atoms with Gasteiger partial charge in [0.05, 0.1) is 18.1 Å². The lowest BCUT2D eigenvalue weighted by Gasteiger charge is -2.14. The van der Waals surface area contributed by atoms with E-state index in [4.69, 9.17) is 4.74 Å². The number of rotatable bonds is 9. The van der Waals surface area contributed by atoms with Gasteiger partial charge >= 0.3 is 0 Å². The van der Waals surface area contributed by atoms with Crippen LogP contribution in [0.4, 0.5) is 0 Å². The molecule has 1 rings (SSSR count). The minimum atomic E-state index is -3.14. The molecule has 0 spiro atoms. The zero-order valence-electron chi connectivity index (χ0n) is 13.5. The maximum Gasteiger partial charge on any atom is 0.157 e. The van der Waals surface area contributed by atoms with E-state index in [0.717, 1.165) is 30.6 Å². The van der Waals surface area contributed by atoms with Gasteiger partial charge < -0.3 is 10.1 Å². The molecular formula is C16H27NO3S. The van der Waals surface area contributed by atoms with E-state index in [1.54, 1.807) is 14.0 Å². The van der Waals surface area contributed by atoms with Crippen LogP contribution in [0.25, 0.3) is 0 Å². The predicted octanol–water partition coefficient (Wildman–Crippen LogP) is 2.91. The zero-order valence-corrected chi connectivity index (χ0v) is 14.3. The van der Waals surface area contributed by atoms with Gasteiger partial charge in [0.1, 0.15) is 5.75 Å². The number of benzene rings is 1. The Hall–Kier alpha value is -1.07. The Morgan fingerprint density at radius 2 is 2.00 bits per heavy atom. The van der Waals surface area contributed by atoms with Gasteiger partial charge in [-0.3, -0.25) is 0 Å². The molecule has 120 valence electrons. The molecule has 0 aromatic heterocycles. The highest BCUT2D eigenvalue weighted by atomic mass is 32.2. The predicted molar refractivity (Wildman–Crippen MR) is 87.4 cm³/mol. The second-order valence-corrected chi connectivity index (χ2v) is 7.77. The summed E-state index contributed by atoms with van der Waals surface area (Å²) in [4.78, 5) is 0. The van der Waals surface area contributed by atoms with Crippen LogP contribution in [0.3, 0.4) is 0 Å². The van der Waals surface area contributed by atoms with Crippen molar-refractivity contribution in [1.29, 1.82) is 0 Å². The topological polar surface area (TPSA) is 55.4 Å². The van der Waals surface area contributed by atoms with Gasteiger partial charge in [0.15, 0.2) is 9.84 Å². The van der Waals surface area contributed by atoms with E-state index < -0.39 is 9.84 Å². The van der Waals surface area contributed by atoms with Crippen LogP contribution in [0.15, 0.2) is 18.2 Å². The lowest BCUT2D eigenvalue weighted by molar-refractivity contribution is 0.410. The van der Waals surface area contributed by atoms with Crippen LogP contribution in [0, 0.1) is 0 Å². The van der Waals surface area contributed by atoms with Gasteiger partial charge in [-0.2, -0.15) is 0 Å². The molecule has 1 aromatic rings. The van der Waals surface area contributed by atoms with Crippen molar-refractivity contribution in [3.8, 4) is 5.75 Å². The molecule has 0 heterocycles. The van der Waals surface area contributed by atoms with Crippen molar-refractivity contribution in [3.63, 3.8) is 0 Å². The highest BCUT2D eigenvalue weighted by molar-refractivity contribution is 7.91. The lowest BCUT2D eigenvalue weighted by atomic mass is 10.1. The number of ether oxygens (including phenoxy) is 1. The van der Waals surface area contributed by atoms with Gasteiger partial charge in [-0.1, -0.05) is 19.9 Å². The van der Waals surface area contributed by atoms with E-state index in [-0.39, 0.29) is 11.0 Å². The number of sulfone groups is 1. The molecule has 0 fully saturated rings. The second-order valence-electron chi connectivity index (χ2n) is 5.35. The molecule has 1 aromatic carbocycles. The summed E-state index contributed by atoms with van der Waals surface area (Å²) in [6.07, 6.45) is 1.70. The van der Waals surface area contributed by atoms with Gasteiger partial charge in [0, 0.05) is 12.1 Å². The van der Waals surface area contributed by atoms with Crippen LogP contribution >= 0.6 is 0 Å². The van der Waals surface area contributed by atoms with Crippen LogP contribution in [-0.4, -0.2) is 27.3 Å². The van der Waals surface area contributed by atoms with E-state index >= 15 is 0 Å². The smallest absolute Gasteiger partial charge is 0.157 e. The number of methoxy groups -OCH3 is 1. The summed E-state index contributed by atoms with van der Waals surface area (Å²) in [6, 6.07) is 5.76. The fourth-order valence-corrected chi connectivity index (χ4v) is 3.53. The molecule has 0 radical (unpaired) electrons. The van der Waals surface area contributed by atoms with Gasteiger partial charge in [-0.15, -0.1) is 0 Å². The Morgan fingerprint density at radius 3 is 2.57 bits per heavy atom. The first-order valence-electron chi connectivity index (χ1n) is 7.52. The monoisotopic (exact) mass is 313 g/mol. The number of hydrogen-bond acceptors (Lipinski definition) is 4. The second kappa shape index (κ2) is 8.39. The molecule has 1 atom stereocenters. The van der Waals surface area contributed by atoms with E-state index in [0.29, 0.717) is 12.2 Å². The van der Waals surface area contributed by atoms with Crippen LogP contribution in [0.5, 0.6) is 5.75 Å². The van der Waals surface area contributed by atoms with E-state index in [1.165, 1.54) is 0 Å². The fraction of sp³-hybridized carbons (Fsp3) is 0.625. The summed E-state index contributed by atoms with van der Waals surface area (Å²) < 4.78 is 29.9. The SMILES string of the molecule is CCCNCc1ccc(OC)c(CS(=O)(=O)C(C)CC)c1. The Bertz CT molecular complexity index is 540. The Morgan fingerprint density at radius 1 is 1.29 bits per heavy atom. The average Bonchev–Trinajstić information content (AvgIpc) is 2.46. The molecule has 1 unspecified atom stereocenters. The van der Waals surface area contributed by atoms with E-state index in [9.17, 15) is 8.42 Å². The quantitative estimate of drug-likeness (QED) is 0.712. The van der Waals surface area contributed by atoms with Gasteiger partial charge in [-0.05, 0) is 44.0 Å². The molecule has 1 N–H and O–H groups in total. The van der Waals surface area contributed by atoms with Gasteiger partial charge in [0.2, 0.25) is 0 Å². The normalized spacial score (nSPS) is 13.1. The highest BCUT2D eigenvalue weighted by Gasteiger charge is 2.21. The van der Waals surface area contributed by atoms with Crippen molar-refractivity contribution < 1.29 is 13.2 Å². The van der Waals surface area contributed by atoms with Crippen molar-refractivity contribution in [2.24, 2.45) is 0 Å². The number of nitrogens with one attached hydrogen (secondary N) is 1. The third-order valence-corrected chi connectivity index (χ3v) is 5.92. The number of hydrogen-bond donors (Lipinski definition) is 1. The molecule has 0 amide bonds. The third-order valence-electron chi connectivity index (χ3n) is 3.65. The van der Waals surface area contributed by atoms with Crippen molar-refractivity contribution in [2.45, 2.75) is 51.2 Å². The molecule has 0 bridgehead atoms. The summed E-state index contributed by atoms with van der Waals surface area (Å²) in [7, 11) is -1.57. The molecule has 4 nitrogen and oxygen atoms in total. The van der Waals surface area contributed by atoms with E-state index in [2.05, 4.69) is 12.2 Å². The molecule has 0 aliphatic carbocycles. The standard InChI is InChI=1S/C16H27NO3S/c1-5-9-17-11-14-7-8-16(20-4)15(10-14)12-21(18,19)13(3)6-2/h7-8,10,13,17H,5-6,9,11-12H2,1-4H3. The van der Waals surface area contributed by atoms with Crippen LogP contribution < -0.4 is 10.1 Å². The maximum absolute atomic E-state index is 12.3. The van der Waals surface area contributed by atoms with Crippen molar-refractivity contribution in [3.05, 3.63) is 29.3 Å². The lowest BCUT2D eigenvalue weighted by Crippen LogP contribution is -2.19. The van der Waals surface area contributed by atoms with Crippen LogP contribution in [-0.2, 0) is 22.1 Å². The minimum Gasteiger partial charge on any atom is -0.496 e. The first-order chi connectivity index (χ1) is 9.94. The minimum absolute atomic E-state index is 0.0345. The summed E-state index contributed by atoms with van der Waals surface area (Å²) in [5, 5.41) is 2.99.